The Hall–Kier alpha value is -3.76. The molecule has 1 amide bonds. The predicted octanol–water partition coefficient (Wildman–Crippen LogP) is 4.60. The van der Waals surface area contributed by atoms with Crippen LogP contribution in [-0.2, 0) is 16.6 Å². The number of amides is 1. The smallest absolute Gasteiger partial charge is 0.267 e. The van der Waals surface area contributed by atoms with Crippen LogP contribution in [0.15, 0.2) is 65.8 Å². The number of benzene rings is 3. The molecule has 0 atom stereocenters. The summed E-state index contributed by atoms with van der Waals surface area (Å²) in [5, 5.41) is 15.0. The minimum atomic E-state index is -3.54. The second-order valence-corrected chi connectivity index (χ2v) is 10.2. The highest BCUT2D eigenvalue weighted by molar-refractivity contribution is 7.92. The van der Waals surface area contributed by atoms with Crippen molar-refractivity contribution in [3.8, 4) is 0 Å². The van der Waals surface area contributed by atoms with Crippen LogP contribution < -0.4 is 9.73 Å². The van der Waals surface area contributed by atoms with Crippen molar-refractivity contribution in [2.75, 3.05) is 10.6 Å². The fraction of sp³-hybridized carbons (Fsp3) is 0.167. The van der Waals surface area contributed by atoms with Crippen LogP contribution in [-0.4, -0.2) is 31.7 Å². The summed E-state index contributed by atoms with van der Waals surface area (Å²) in [6, 6.07) is 15.8. The van der Waals surface area contributed by atoms with Crippen LogP contribution in [0, 0.1) is 24.0 Å². The highest BCUT2D eigenvalue weighted by Crippen LogP contribution is 2.24. The number of sulfonamides is 1. The molecule has 0 heterocycles. The minimum absolute atomic E-state index is 0.104. The molecule has 0 spiro atoms. The van der Waals surface area contributed by atoms with Gasteiger partial charge in [0.1, 0.15) is 0 Å². The van der Waals surface area contributed by atoms with Gasteiger partial charge >= 0.3 is 0 Å². The van der Waals surface area contributed by atoms with Gasteiger partial charge in [-0.05, 0) is 60.9 Å². The standard InChI is InChI=1S/C24H23ClN4O5S/c1-16-4-9-21(12-17(16)2)28(35(3,33)34)15-18-5-7-19(8-6-18)24(30)27-26-14-20-13-22(29(31)32)10-11-23(20)25/h4-14H,15H2,1-3H3,(H,27,30)/b26-14-. The van der Waals surface area contributed by atoms with Crippen molar-refractivity contribution in [1.82, 2.24) is 5.43 Å². The second-order valence-electron chi connectivity index (χ2n) is 7.90. The molecule has 0 unspecified atom stereocenters. The lowest BCUT2D eigenvalue weighted by Crippen LogP contribution is -2.29. The predicted molar refractivity (Wildman–Crippen MR) is 137 cm³/mol. The van der Waals surface area contributed by atoms with E-state index in [0.717, 1.165) is 17.4 Å². The number of rotatable bonds is 8. The summed E-state index contributed by atoms with van der Waals surface area (Å²) in [5.74, 6) is -0.511. The lowest BCUT2D eigenvalue weighted by atomic mass is 10.1. The molecular formula is C24H23ClN4O5S. The molecule has 182 valence electrons. The number of hydrogen-bond donors (Lipinski definition) is 1. The van der Waals surface area contributed by atoms with Gasteiger partial charge in [0.05, 0.1) is 29.6 Å². The number of halogens is 1. The summed E-state index contributed by atoms with van der Waals surface area (Å²) in [4.78, 5) is 22.8. The van der Waals surface area contributed by atoms with Crippen molar-refractivity contribution in [2.24, 2.45) is 5.10 Å². The first-order valence-electron chi connectivity index (χ1n) is 10.4. The summed E-state index contributed by atoms with van der Waals surface area (Å²) in [5.41, 5.74) is 6.07. The number of hydrazone groups is 1. The zero-order chi connectivity index (χ0) is 25.8. The van der Waals surface area contributed by atoms with Crippen molar-refractivity contribution >= 4 is 45.1 Å². The molecule has 0 fully saturated rings. The Morgan fingerprint density at radius 2 is 1.77 bits per heavy atom. The van der Waals surface area contributed by atoms with Gasteiger partial charge in [0.15, 0.2) is 0 Å². The SMILES string of the molecule is Cc1ccc(N(Cc2ccc(C(=O)N/N=C\c3cc([N+](=O)[O-])ccc3Cl)cc2)S(C)(=O)=O)cc1C. The molecule has 9 nitrogen and oxygen atoms in total. The second kappa shape index (κ2) is 10.7. The maximum absolute atomic E-state index is 12.4. The summed E-state index contributed by atoms with van der Waals surface area (Å²) in [6.07, 6.45) is 2.37. The largest absolute Gasteiger partial charge is 0.271 e. The highest BCUT2D eigenvalue weighted by atomic mass is 35.5. The van der Waals surface area contributed by atoms with E-state index in [0.29, 0.717) is 16.8 Å². The Bertz CT molecular complexity index is 1410. The zero-order valence-corrected chi connectivity index (χ0v) is 20.8. The molecule has 0 aliphatic carbocycles. The van der Waals surface area contributed by atoms with E-state index in [1.165, 1.54) is 28.7 Å². The fourth-order valence-electron chi connectivity index (χ4n) is 3.18. The van der Waals surface area contributed by atoms with Gasteiger partial charge in [0.2, 0.25) is 10.0 Å². The third-order valence-corrected chi connectivity index (χ3v) is 6.77. The maximum atomic E-state index is 12.4. The monoisotopic (exact) mass is 514 g/mol. The average Bonchev–Trinajstić information content (AvgIpc) is 2.80. The molecule has 11 heteroatoms. The van der Waals surface area contributed by atoms with E-state index in [1.54, 1.807) is 30.3 Å². The van der Waals surface area contributed by atoms with E-state index in [-0.39, 0.29) is 22.8 Å². The molecule has 3 rings (SSSR count). The molecule has 0 aromatic heterocycles. The Morgan fingerprint density at radius 3 is 2.37 bits per heavy atom. The normalized spacial score (nSPS) is 11.4. The topological polar surface area (TPSA) is 122 Å². The number of nitrogens with one attached hydrogen (secondary N) is 1. The van der Waals surface area contributed by atoms with Gasteiger partial charge in [-0.2, -0.15) is 5.10 Å². The number of nitro benzene ring substituents is 1. The van der Waals surface area contributed by atoms with E-state index < -0.39 is 20.9 Å². The number of non-ortho nitro benzene ring substituents is 1. The summed E-state index contributed by atoms with van der Waals surface area (Å²) < 4.78 is 26.2. The Balaban J connectivity index is 1.71. The quantitative estimate of drug-likeness (QED) is 0.267. The number of aryl methyl sites for hydroxylation is 2. The number of anilines is 1. The lowest BCUT2D eigenvalue weighted by molar-refractivity contribution is -0.384. The van der Waals surface area contributed by atoms with E-state index in [4.69, 9.17) is 11.6 Å². The number of nitrogens with zero attached hydrogens (tertiary/aromatic N) is 3. The van der Waals surface area contributed by atoms with Crippen LogP contribution in [0.25, 0.3) is 0 Å². The number of hydrogen-bond acceptors (Lipinski definition) is 6. The van der Waals surface area contributed by atoms with Gasteiger partial charge < -0.3 is 0 Å². The van der Waals surface area contributed by atoms with Gasteiger partial charge in [-0.1, -0.05) is 29.8 Å². The minimum Gasteiger partial charge on any atom is -0.267 e. The third kappa shape index (κ3) is 6.65. The number of carbonyl (C=O) groups is 1. The van der Waals surface area contributed by atoms with Crippen molar-refractivity contribution in [3.05, 3.63) is 104 Å². The molecular weight excluding hydrogens is 492 g/mol. The molecule has 35 heavy (non-hydrogen) atoms. The summed E-state index contributed by atoms with van der Waals surface area (Å²) in [7, 11) is -3.54. The van der Waals surface area contributed by atoms with Crippen molar-refractivity contribution in [2.45, 2.75) is 20.4 Å². The molecule has 3 aromatic carbocycles. The van der Waals surface area contributed by atoms with E-state index in [2.05, 4.69) is 10.5 Å². The van der Waals surface area contributed by atoms with Crippen LogP contribution in [0.1, 0.15) is 32.6 Å². The van der Waals surface area contributed by atoms with E-state index in [1.807, 2.05) is 26.0 Å². The van der Waals surface area contributed by atoms with Gasteiger partial charge in [0.25, 0.3) is 11.6 Å². The Labute approximate surface area is 208 Å². The zero-order valence-electron chi connectivity index (χ0n) is 19.2. The average molecular weight is 515 g/mol. The van der Waals surface area contributed by atoms with Gasteiger partial charge in [0, 0.05) is 28.3 Å². The van der Waals surface area contributed by atoms with Crippen molar-refractivity contribution in [3.63, 3.8) is 0 Å². The number of carbonyl (C=O) groups excluding carboxylic acids is 1. The van der Waals surface area contributed by atoms with Crippen LogP contribution in [0.2, 0.25) is 5.02 Å². The van der Waals surface area contributed by atoms with Crippen molar-refractivity contribution in [1.29, 1.82) is 0 Å². The van der Waals surface area contributed by atoms with Crippen LogP contribution in [0.5, 0.6) is 0 Å². The van der Waals surface area contributed by atoms with Crippen LogP contribution >= 0.6 is 11.6 Å². The highest BCUT2D eigenvalue weighted by Gasteiger charge is 2.18. The molecule has 0 radical (unpaired) electrons. The van der Waals surface area contributed by atoms with Gasteiger partial charge in [-0.25, -0.2) is 13.8 Å². The van der Waals surface area contributed by atoms with Gasteiger partial charge in [-0.15, -0.1) is 0 Å². The molecule has 1 N–H and O–H groups in total. The third-order valence-electron chi connectivity index (χ3n) is 5.28. The first kappa shape index (κ1) is 25.9. The first-order valence-corrected chi connectivity index (χ1v) is 12.6. The molecule has 0 aliphatic rings. The fourth-order valence-corrected chi connectivity index (χ4v) is 4.22. The molecule has 0 saturated heterocycles. The first-order chi connectivity index (χ1) is 16.5. The number of nitro groups is 1. The van der Waals surface area contributed by atoms with E-state index >= 15 is 0 Å². The Morgan fingerprint density at radius 1 is 1.09 bits per heavy atom. The summed E-state index contributed by atoms with van der Waals surface area (Å²) >= 11 is 6.01. The molecule has 0 saturated carbocycles. The van der Waals surface area contributed by atoms with E-state index in [9.17, 15) is 23.3 Å². The van der Waals surface area contributed by atoms with Crippen LogP contribution in [0.4, 0.5) is 11.4 Å². The molecule has 3 aromatic rings. The summed E-state index contributed by atoms with van der Waals surface area (Å²) in [6.45, 7) is 3.98. The van der Waals surface area contributed by atoms with Crippen molar-refractivity contribution < 1.29 is 18.1 Å². The maximum Gasteiger partial charge on any atom is 0.271 e. The van der Waals surface area contributed by atoms with Crippen LogP contribution in [0.3, 0.4) is 0 Å². The molecule has 0 bridgehead atoms. The van der Waals surface area contributed by atoms with Gasteiger partial charge in [-0.3, -0.25) is 19.2 Å². The molecule has 0 aliphatic heterocycles. The Kier molecular flexibility index (Phi) is 7.88. The lowest BCUT2D eigenvalue weighted by Gasteiger charge is -2.23.